The van der Waals surface area contributed by atoms with E-state index in [1.165, 1.54) is 26.3 Å². The summed E-state index contributed by atoms with van der Waals surface area (Å²) in [5.41, 5.74) is 0.231. The summed E-state index contributed by atoms with van der Waals surface area (Å²) in [6.45, 7) is 3.65. The van der Waals surface area contributed by atoms with E-state index in [4.69, 9.17) is 0 Å². The Bertz CT molecular complexity index is 1830. The van der Waals surface area contributed by atoms with Gasteiger partial charge >= 0.3 is 5.69 Å². The van der Waals surface area contributed by atoms with Crippen molar-refractivity contribution in [2.24, 2.45) is 0 Å². The minimum atomic E-state index is -1.14. The number of hydrogen-bond donors (Lipinski definition) is 1. The first kappa shape index (κ1) is 28.4. The van der Waals surface area contributed by atoms with Crippen molar-refractivity contribution < 1.29 is 18.4 Å². The molecule has 1 saturated carbocycles. The zero-order valence-electron chi connectivity index (χ0n) is 23.7. The van der Waals surface area contributed by atoms with Crippen LogP contribution in [0.25, 0.3) is 22.6 Å². The number of carbonyl (C=O) groups excluding carboxylic acids is 2. The second kappa shape index (κ2) is 11.5. The van der Waals surface area contributed by atoms with E-state index in [0.29, 0.717) is 50.3 Å². The SMILES string of the molecule is CCCn1c(=O)n(C2CC2)c(=O)c2[nH]c(-c3ccc(N(CCCN4CCCC4=O)C(=O)c4ccc(F)c(F)c4)nc3)nc21. The van der Waals surface area contributed by atoms with E-state index >= 15 is 0 Å². The molecular formula is C30H31F2N7O4. The standard InChI is InChI=1S/C30H31F2N7O4/c1-2-12-38-27-25(29(42)39(30(38)43)20-8-9-20)34-26(35-27)19-7-11-23(33-17-19)37(15-4-14-36-13-3-5-24(36)40)28(41)18-6-10-21(31)22(32)16-18/h6-7,10-11,16-17,20H,2-5,8-9,12-15H2,1H3,(H,34,35). The second-order valence-electron chi connectivity index (χ2n) is 11.0. The number of carbonyl (C=O) groups is 2. The lowest BCUT2D eigenvalue weighted by Crippen LogP contribution is -2.39. The summed E-state index contributed by atoms with van der Waals surface area (Å²) in [5.74, 6) is -2.09. The van der Waals surface area contributed by atoms with Crippen LogP contribution >= 0.6 is 0 Å². The van der Waals surface area contributed by atoms with Gasteiger partial charge in [-0.2, -0.15) is 0 Å². The van der Waals surface area contributed by atoms with E-state index in [-0.39, 0.29) is 46.7 Å². The van der Waals surface area contributed by atoms with Gasteiger partial charge in [0.05, 0.1) is 0 Å². The van der Waals surface area contributed by atoms with Crippen LogP contribution in [0.4, 0.5) is 14.6 Å². The molecule has 6 rings (SSSR count). The van der Waals surface area contributed by atoms with E-state index in [9.17, 15) is 28.0 Å². The first-order valence-corrected chi connectivity index (χ1v) is 14.5. The van der Waals surface area contributed by atoms with Gasteiger partial charge < -0.3 is 9.88 Å². The Morgan fingerprint density at radius 2 is 1.91 bits per heavy atom. The maximum atomic E-state index is 14.0. The Kier molecular flexibility index (Phi) is 7.63. The van der Waals surface area contributed by atoms with Gasteiger partial charge in [0, 0.05) is 56.0 Å². The van der Waals surface area contributed by atoms with Crippen molar-refractivity contribution in [1.82, 2.24) is 29.0 Å². The Labute approximate surface area is 244 Å². The number of anilines is 1. The van der Waals surface area contributed by atoms with Crippen molar-refractivity contribution in [1.29, 1.82) is 0 Å². The monoisotopic (exact) mass is 591 g/mol. The van der Waals surface area contributed by atoms with E-state index in [2.05, 4.69) is 15.0 Å². The van der Waals surface area contributed by atoms with Crippen LogP contribution in [0.2, 0.25) is 0 Å². The number of imidazole rings is 1. The fourth-order valence-corrected chi connectivity index (χ4v) is 5.50. The number of hydrogen-bond acceptors (Lipinski definition) is 6. The van der Waals surface area contributed by atoms with Crippen molar-refractivity contribution in [3.63, 3.8) is 0 Å². The Morgan fingerprint density at radius 1 is 1.09 bits per heavy atom. The lowest BCUT2D eigenvalue weighted by molar-refractivity contribution is -0.127. The fraction of sp³-hybridized carbons (Fsp3) is 0.400. The molecule has 224 valence electrons. The highest BCUT2D eigenvalue weighted by Crippen LogP contribution is 2.32. The molecule has 4 aromatic rings. The van der Waals surface area contributed by atoms with Gasteiger partial charge in [0.2, 0.25) is 5.91 Å². The molecule has 43 heavy (non-hydrogen) atoms. The number of halogens is 2. The van der Waals surface area contributed by atoms with Gasteiger partial charge in [0.15, 0.2) is 17.3 Å². The molecule has 2 aliphatic rings. The molecule has 0 spiro atoms. The van der Waals surface area contributed by atoms with Crippen LogP contribution in [0, 0.1) is 11.6 Å². The molecule has 0 radical (unpaired) electrons. The van der Waals surface area contributed by atoms with Crippen molar-refractivity contribution in [2.75, 3.05) is 24.5 Å². The lowest BCUT2D eigenvalue weighted by Gasteiger charge is -2.24. The Hall–Kier alpha value is -4.68. The van der Waals surface area contributed by atoms with Gasteiger partial charge in [-0.05, 0) is 62.4 Å². The number of rotatable bonds is 10. The number of nitrogens with zero attached hydrogens (tertiary/aromatic N) is 6. The lowest BCUT2D eigenvalue weighted by atomic mass is 10.1. The maximum Gasteiger partial charge on any atom is 0.333 e. The van der Waals surface area contributed by atoms with Gasteiger partial charge in [0.25, 0.3) is 11.5 Å². The number of amides is 2. The molecule has 0 bridgehead atoms. The molecule has 13 heteroatoms. The summed E-state index contributed by atoms with van der Waals surface area (Å²) in [5, 5.41) is 0. The summed E-state index contributed by atoms with van der Waals surface area (Å²) in [6, 6.07) is 6.14. The summed E-state index contributed by atoms with van der Waals surface area (Å²) in [6.07, 6.45) is 5.50. The van der Waals surface area contributed by atoms with E-state index in [1.54, 1.807) is 17.0 Å². The van der Waals surface area contributed by atoms with Crippen molar-refractivity contribution in [3.8, 4) is 11.4 Å². The van der Waals surface area contributed by atoms with Crippen LogP contribution in [-0.2, 0) is 11.3 Å². The van der Waals surface area contributed by atoms with Crippen LogP contribution in [0.1, 0.15) is 61.8 Å². The summed E-state index contributed by atoms with van der Waals surface area (Å²) >= 11 is 0. The van der Waals surface area contributed by atoms with Crippen molar-refractivity contribution in [2.45, 2.75) is 58.0 Å². The predicted octanol–water partition coefficient (Wildman–Crippen LogP) is 3.63. The van der Waals surface area contributed by atoms with E-state index in [1.807, 2.05) is 6.92 Å². The zero-order valence-corrected chi connectivity index (χ0v) is 23.7. The van der Waals surface area contributed by atoms with E-state index < -0.39 is 23.1 Å². The molecule has 0 atom stereocenters. The number of fused-ring (bicyclic) bond motifs is 1. The Balaban J connectivity index is 1.31. The average Bonchev–Trinajstić information content (AvgIpc) is 3.59. The number of aromatic nitrogens is 5. The maximum absolute atomic E-state index is 14.0. The zero-order chi connectivity index (χ0) is 30.2. The highest BCUT2D eigenvalue weighted by atomic mass is 19.2. The quantitative estimate of drug-likeness (QED) is 0.300. The minimum absolute atomic E-state index is 0.0415. The highest BCUT2D eigenvalue weighted by Gasteiger charge is 2.30. The number of aromatic amines is 1. The highest BCUT2D eigenvalue weighted by molar-refractivity contribution is 6.05. The van der Waals surface area contributed by atoms with Crippen LogP contribution in [0.3, 0.4) is 0 Å². The number of nitrogens with one attached hydrogen (secondary N) is 1. The summed E-state index contributed by atoms with van der Waals surface area (Å²) in [4.78, 5) is 67.0. The predicted molar refractivity (Wildman–Crippen MR) is 155 cm³/mol. The smallest absolute Gasteiger partial charge is 0.333 e. The van der Waals surface area contributed by atoms with Crippen LogP contribution in [0.15, 0.2) is 46.1 Å². The number of benzene rings is 1. The van der Waals surface area contributed by atoms with Gasteiger partial charge in [0.1, 0.15) is 17.2 Å². The molecule has 1 aliphatic heterocycles. The number of H-pyrrole nitrogens is 1. The van der Waals surface area contributed by atoms with Crippen LogP contribution < -0.4 is 16.1 Å². The van der Waals surface area contributed by atoms with Gasteiger partial charge in [-0.3, -0.25) is 28.4 Å². The fourth-order valence-electron chi connectivity index (χ4n) is 5.50. The Morgan fingerprint density at radius 3 is 2.56 bits per heavy atom. The van der Waals surface area contributed by atoms with Gasteiger partial charge in [-0.25, -0.2) is 23.5 Å². The molecular weight excluding hydrogens is 560 g/mol. The third kappa shape index (κ3) is 5.46. The summed E-state index contributed by atoms with van der Waals surface area (Å²) in [7, 11) is 0. The molecule has 4 heterocycles. The molecule has 11 nitrogen and oxygen atoms in total. The molecule has 2 amide bonds. The van der Waals surface area contributed by atoms with Crippen molar-refractivity contribution >= 4 is 28.8 Å². The third-order valence-corrected chi connectivity index (χ3v) is 7.86. The molecule has 2 fully saturated rings. The first-order valence-electron chi connectivity index (χ1n) is 14.5. The normalized spacial score (nSPS) is 15.0. The largest absolute Gasteiger partial charge is 0.343 e. The third-order valence-electron chi connectivity index (χ3n) is 7.86. The molecule has 3 aromatic heterocycles. The average molecular weight is 592 g/mol. The van der Waals surface area contributed by atoms with Crippen molar-refractivity contribution in [3.05, 3.63) is 74.6 Å². The first-order chi connectivity index (χ1) is 20.8. The molecule has 1 N–H and O–H groups in total. The molecule has 1 aromatic carbocycles. The second-order valence-corrected chi connectivity index (χ2v) is 11.0. The molecule has 1 aliphatic carbocycles. The van der Waals surface area contributed by atoms with Gasteiger partial charge in [-0.15, -0.1) is 0 Å². The number of likely N-dealkylation sites (tertiary alicyclic amines) is 1. The minimum Gasteiger partial charge on any atom is -0.343 e. The molecule has 1 saturated heterocycles. The number of aryl methyl sites for hydroxylation is 1. The van der Waals surface area contributed by atoms with E-state index in [0.717, 1.165) is 31.4 Å². The topological polar surface area (TPSA) is 126 Å². The van der Waals surface area contributed by atoms with Gasteiger partial charge in [-0.1, -0.05) is 6.92 Å². The number of pyridine rings is 1. The molecule has 0 unspecified atom stereocenters. The van der Waals surface area contributed by atoms with Crippen LogP contribution in [-0.4, -0.2) is 60.4 Å². The van der Waals surface area contributed by atoms with Crippen LogP contribution in [0.5, 0.6) is 0 Å². The summed E-state index contributed by atoms with van der Waals surface area (Å²) < 4.78 is 30.4.